The van der Waals surface area contributed by atoms with Gasteiger partial charge in [0.15, 0.2) is 0 Å². The third kappa shape index (κ3) is 2.87. The van der Waals surface area contributed by atoms with Gasteiger partial charge in [0.2, 0.25) is 10.0 Å². The van der Waals surface area contributed by atoms with Gasteiger partial charge in [-0.2, -0.15) is 5.10 Å². The Balaban J connectivity index is 2.11. The Hall–Kier alpha value is -2.46. The Morgan fingerprint density at radius 1 is 1.24 bits per heavy atom. The predicted molar refractivity (Wildman–Crippen MR) is 92.8 cm³/mol. The van der Waals surface area contributed by atoms with Crippen LogP contribution in [0.3, 0.4) is 0 Å². The maximum Gasteiger partial charge on any atom is 0.345 e. The summed E-state index contributed by atoms with van der Waals surface area (Å²) in [5.74, 6) is 0.673. The van der Waals surface area contributed by atoms with E-state index in [9.17, 15) is 13.2 Å². The lowest BCUT2D eigenvalue weighted by molar-refractivity contribution is 0.521. The second-order valence-corrected chi connectivity index (χ2v) is 8.03. The Labute approximate surface area is 145 Å². The topological polar surface area (TPSA) is 95.0 Å². The van der Waals surface area contributed by atoms with E-state index >= 15 is 0 Å². The van der Waals surface area contributed by atoms with Crippen molar-refractivity contribution < 1.29 is 8.42 Å². The highest BCUT2D eigenvalue weighted by Gasteiger charge is 2.19. The average Bonchev–Trinajstić information content (AvgIpc) is 3.08. The highest BCUT2D eigenvalue weighted by molar-refractivity contribution is 7.89. The van der Waals surface area contributed by atoms with Crippen LogP contribution in [0.5, 0.6) is 0 Å². The van der Waals surface area contributed by atoms with Gasteiger partial charge in [-0.1, -0.05) is 0 Å². The number of rotatable bonds is 5. The summed E-state index contributed by atoms with van der Waals surface area (Å²) in [7, 11) is 1.04. The van der Waals surface area contributed by atoms with Gasteiger partial charge >= 0.3 is 5.69 Å². The summed E-state index contributed by atoms with van der Waals surface area (Å²) >= 11 is 0. The first-order chi connectivity index (χ1) is 11.8. The molecule has 3 aromatic rings. The zero-order valence-corrected chi connectivity index (χ0v) is 15.4. The van der Waals surface area contributed by atoms with E-state index < -0.39 is 10.0 Å². The van der Waals surface area contributed by atoms with Crippen molar-refractivity contribution in [1.82, 2.24) is 28.2 Å². The normalized spacial score (nSPS) is 12.4. The van der Waals surface area contributed by atoms with Gasteiger partial charge in [-0.25, -0.2) is 27.2 Å². The van der Waals surface area contributed by atoms with Crippen LogP contribution in [-0.2, 0) is 30.2 Å². The van der Waals surface area contributed by atoms with Gasteiger partial charge in [0.25, 0.3) is 0 Å². The molecule has 0 aliphatic rings. The molecule has 0 saturated heterocycles. The molecule has 0 saturated carbocycles. The second kappa shape index (κ2) is 6.12. The molecule has 9 nitrogen and oxygen atoms in total. The van der Waals surface area contributed by atoms with Gasteiger partial charge in [0.1, 0.15) is 12.2 Å². The number of fused-ring (bicyclic) bond motifs is 1. The molecule has 0 fully saturated rings. The van der Waals surface area contributed by atoms with Crippen LogP contribution in [0, 0.1) is 0 Å². The van der Waals surface area contributed by atoms with E-state index in [1.54, 1.807) is 25.2 Å². The van der Waals surface area contributed by atoms with E-state index in [-0.39, 0.29) is 17.1 Å². The van der Waals surface area contributed by atoms with Crippen LogP contribution >= 0.6 is 0 Å². The lowest BCUT2D eigenvalue weighted by Crippen LogP contribution is -2.24. The molecule has 2 aromatic heterocycles. The smallest absolute Gasteiger partial charge is 0.327 e. The van der Waals surface area contributed by atoms with Crippen LogP contribution in [0.1, 0.15) is 12.7 Å². The van der Waals surface area contributed by atoms with Gasteiger partial charge in [-0.3, -0.25) is 4.57 Å². The number of benzene rings is 1. The molecular weight excluding hydrogens is 344 g/mol. The van der Waals surface area contributed by atoms with Crippen molar-refractivity contribution in [3.8, 4) is 0 Å². The SMILES string of the molecule is CCn1c(Cn2cnn(C)c2=O)nc2cc(S(=O)(=O)N(C)C)ccc21. The van der Waals surface area contributed by atoms with Crippen LogP contribution < -0.4 is 5.69 Å². The fourth-order valence-corrected chi connectivity index (χ4v) is 3.61. The van der Waals surface area contributed by atoms with Crippen LogP contribution in [0.15, 0.2) is 34.2 Å². The Kier molecular flexibility index (Phi) is 4.25. The number of aryl methyl sites for hydroxylation is 2. The first-order valence-corrected chi connectivity index (χ1v) is 9.20. The molecule has 0 aliphatic carbocycles. The maximum absolute atomic E-state index is 12.3. The first-order valence-electron chi connectivity index (χ1n) is 7.75. The number of hydrogen-bond acceptors (Lipinski definition) is 5. The van der Waals surface area contributed by atoms with E-state index in [0.717, 1.165) is 5.52 Å². The number of hydrogen-bond donors (Lipinski definition) is 0. The van der Waals surface area contributed by atoms with Gasteiger partial charge in [-0.15, -0.1) is 0 Å². The number of sulfonamides is 1. The summed E-state index contributed by atoms with van der Waals surface area (Å²) in [5.41, 5.74) is 1.18. The van der Waals surface area contributed by atoms with Crippen molar-refractivity contribution in [3.05, 3.63) is 40.8 Å². The molecule has 2 heterocycles. The minimum absolute atomic E-state index is 0.191. The lowest BCUT2D eigenvalue weighted by atomic mass is 10.3. The van der Waals surface area contributed by atoms with Crippen LogP contribution in [-0.4, -0.2) is 50.7 Å². The molecule has 1 aromatic carbocycles. The molecule has 10 heteroatoms. The third-order valence-corrected chi connectivity index (χ3v) is 5.90. The molecule has 0 aliphatic heterocycles. The van der Waals surface area contributed by atoms with Gasteiger partial charge < -0.3 is 4.57 Å². The lowest BCUT2D eigenvalue weighted by Gasteiger charge is -2.11. The minimum atomic E-state index is -3.53. The summed E-state index contributed by atoms with van der Waals surface area (Å²) in [5, 5.41) is 3.93. The largest absolute Gasteiger partial charge is 0.345 e. The van der Waals surface area contributed by atoms with E-state index in [1.807, 2.05) is 11.5 Å². The van der Waals surface area contributed by atoms with Crippen LogP contribution in [0.4, 0.5) is 0 Å². The number of nitrogens with zero attached hydrogens (tertiary/aromatic N) is 6. The van der Waals surface area contributed by atoms with Crippen molar-refractivity contribution in [3.63, 3.8) is 0 Å². The molecule has 0 spiro atoms. The van der Waals surface area contributed by atoms with Crippen LogP contribution in [0.25, 0.3) is 11.0 Å². The van der Waals surface area contributed by atoms with E-state index in [1.165, 1.54) is 34.0 Å². The summed E-state index contributed by atoms with van der Waals surface area (Å²) in [6.45, 7) is 2.90. The fourth-order valence-electron chi connectivity index (χ4n) is 2.69. The van der Waals surface area contributed by atoms with Gasteiger partial charge in [0.05, 0.1) is 22.5 Å². The monoisotopic (exact) mass is 364 g/mol. The molecule has 0 bridgehead atoms. The zero-order chi connectivity index (χ0) is 18.4. The Morgan fingerprint density at radius 2 is 1.96 bits per heavy atom. The summed E-state index contributed by atoms with van der Waals surface area (Å²) in [6, 6.07) is 4.88. The molecule has 0 amide bonds. The van der Waals surface area contributed by atoms with E-state index in [2.05, 4.69) is 10.1 Å². The maximum atomic E-state index is 12.3. The van der Waals surface area contributed by atoms with Gasteiger partial charge in [-0.05, 0) is 25.1 Å². The molecule has 0 radical (unpaired) electrons. The molecule has 134 valence electrons. The highest BCUT2D eigenvalue weighted by atomic mass is 32.2. The van der Waals surface area contributed by atoms with Gasteiger partial charge in [0, 0.05) is 27.7 Å². The number of imidazole rings is 1. The molecule has 0 N–H and O–H groups in total. The minimum Gasteiger partial charge on any atom is -0.327 e. The summed E-state index contributed by atoms with van der Waals surface area (Å²) in [6.07, 6.45) is 1.46. The van der Waals surface area contributed by atoms with Crippen LogP contribution in [0.2, 0.25) is 0 Å². The first kappa shape index (κ1) is 17.4. The average molecular weight is 364 g/mol. The molecule has 25 heavy (non-hydrogen) atoms. The van der Waals surface area contributed by atoms with Crippen molar-refractivity contribution in [2.24, 2.45) is 7.05 Å². The number of aromatic nitrogens is 5. The standard InChI is InChI=1S/C15H20N6O3S/c1-5-21-13-7-6-11(25(23,24)18(2)3)8-12(13)17-14(21)9-20-10-16-19(4)15(20)22/h6-8,10H,5,9H2,1-4H3. The Morgan fingerprint density at radius 3 is 2.52 bits per heavy atom. The van der Waals surface area contributed by atoms with Crippen molar-refractivity contribution in [2.45, 2.75) is 24.9 Å². The predicted octanol–water partition coefficient (Wildman–Crippen LogP) is 0.250. The van der Waals surface area contributed by atoms with Crippen molar-refractivity contribution >= 4 is 21.1 Å². The summed E-state index contributed by atoms with van der Waals surface area (Å²) in [4.78, 5) is 16.7. The zero-order valence-electron chi connectivity index (χ0n) is 14.5. The molecule has 0 atom stereocenters. The molecule has 3 rings (SSSR count). The third-order valence-electron chi connectivity index (χ3n) is 4.09. The van der Waals surface area contributed by atoms with Crippen molar-refractivity contribution in [1.29, 1.82) is 0 Å². The Bertz CT molecular complexity index is 1090. The summed E-state index contributed by atoms with van der Waals surface area (Å²) < 4.78 is 30.5. The fraction of sp³-hybridized carbons (Fsp3) is 0.400. The highest BCUT2D eigenvalue weighted by Crippen LogP contribution is 2.22. The molecule has 0 unspecified atom stereocenters. The van der Waals surface area contributed by atoms with E-state index in [4.69, 9.17) is 0 Å². The van der Waals surface area contributed by atoms with E-state index in [0.29, 0.717) is 17.9 Å². The second-order valence-electron chi connectivity index (χ2n) is 5.88. The quantitative estimate of drug-likeness (QED) is 0.647. The van der Waals surface area contributed by atoms with Crippen molar-refractivity contribution in [2.75, 3.05) is 14.1 Å². The molecular formula is C15H20N6O3S.